The van der Waals surface area contributed by atoms with Crippen LogP contribution in [0.15, 0.2) is 24.3 Å². The van der Waals surface area contributed by atoms with Gasteiger partial charge in [-0.05, 0) is 43.7 Å². The predicted octanol–water partition coefficient (Wildman–Crippen LogP) is 0.557. The second-order valence-corrected chi connectivity index (χ2v) is 7.35. The van der Waals surface area contributed by atoms with Crippen molar-refractivity contribution in [3.05, 3.63) is 29.8 Å². The van der Waals surface area contributed by atoms with Crippen LogP contribution in [-0.2, 0) is 6.54 Å². The van der Waals surface area contributed by atoms with Crippen molar-refractivity contribution in [1.29, 1.82) is 0 Å². The van der Waals surface area contributed by atoms with E-state index in [1.54, 1.807) is 12.0 Å². The van der Waals surface area contributed by atoms with E-state index in [1.165, 1.54) is 57.4 Å². The van der Waals surface area contributed by atoms with Crippen molar-refractivity contribution < 1.29 is 14.5 Å². The normalized spacial score (nSPS) is 32.6. The average molecular weight is 304 g/mol. The van der Waals surface area contributed by atoms with E-state index < -0.39 is 0 Å². The van der Waals surface area contributed by atoms with E-state index in [0.717, 1.165) is 24.3 Å². The number of quaternary nitrogens is 2. The molecule has 1 heterocycles. The molecule has 0 aromatic heterocycles. The summed E-state index contributed by atoms with van der Waals surface area (Å²) in [6.07, 6.45) is 5.81. The number of piperazine rings is 1. The number of hydrogen-bond donors (Lipinski definition) is 2. The highest BCUT2D eigenvalue weighted by Gasteiger charge is 2.31. The van der Waals surface area contributed by atoms with Crippen LogP contribution in [0.25, 0.3) is 0 Å². The second-order valence-electron chi connectivity index (χ2n) is 7.35. The summed E-state index contributed by atoms with van der Waals surface area (Å²) in [5, 5.41) is 0. The molecule has 1 saturated heterocycles. The molecule has 3 nitrogen and oxygen atoms in total. The fraction of sp³-hybridized carbons (Fsp3) is 0.684. The molecule has 3 rings (SSSR count). The summed E-state index contributed by atoms with van der Waals surface area (Å²) in [6, 6.07) is 9.43. The van der Waals surface area contributed by atoms with Crippen molar-refractivity contribution in [3.63, 3.8) is 0 Å². The lowest BCUT2D eigenvalue weighted by Crippen LogP contribution is -3.29. The van der Waals surface area contributed by atoms with Gasteiger partial charge in [0.05, 0.1) is 13.2 Å². The van der Waals surface area contributed by atoms with Crippen LogP contribution < -0.4 is 14.5 Å². The molecule has 22 heavy (non-hydrogen) atoms. The number of nitrogens with one attached hydrogen (secondary N) is 2. The zero-order chi connectivity index (χ0) is 15.4. The third kappa shape index (κ3) is 3.82. The minimum Gasteiger partial charge on any atom is -0.496 e. The van der Waals surface area contributed by atoms with E-state index in [4.69, 9.17) is 4.74 Å². The Morgan fingerprint density at radius 3 is 2.36 bits per heavy atom. The van der Waals surface area contributed by atoms with Crippen LogP contribution in [0.1, 0.15) is 38.2 Å². The van der Waals surface area contributed by atoms with E-state index in [0.29, 0.717) is 0 Å². The third-order valence-electron chi connectivity index (χ3n) is 5.83. The van der Waals surface area contributed by atoms with Gasteiger partial charge >= 0.3 is 0 Å². The van der Waals surface area contributed by atoms with Crippen LogP contribution in [0.5, 0.6) is 5.75 Å². The number of benzene rings is 1. The Labute approximate surface area is 135 Å². The molecule has 1 saturated carbocycles. The standard InChI is InChI=1S/C19H30N2O/c1-16-7-9-18(10-8-16)21-13-11-20(12-14-21)15-17-5-3-4-6-19(17)22-2/h3-6,16,18H,7-15H2,1-2H3/p+2. The van der Waals surface area contributed by atoms with E-state index in [-0.39, 0.29) is 0 Å². The summed E-state index contributed by atoms with van der Waals surface area (Å²) in [5.41, 5.74) is 1.36. The van der Waals surface area contributed by atoms with E-state index in [2.05, 4.69) is 31.2 Å². The van der Waals surface area contributed by atoms with Crippen LogP contribution in [0.2, 0.25) is 0 Å². The third-order valence-corrected chi connectivity index (χ3v) is 5.83. The van der Waals surface area contributed by atoms with Gasteiger partial charge in [-0.1, -0.05) is 19.1 Å². The van der Waals surface area contributed by atoms with Crippen molar-refractivity contribution in [1.82, 2.24) is 0 Å². The van der Waals surface area contributed by atoms with Gasteiger partial charge in [-0.15, -0.1) is 0 Å². The maximum Gasteiger partial charge on any atom is 0.127 e. The minimum absolute atomic E-state index is 0.948. The lowest BCUT2D eigenvalue weighted by atomic mass is 9.86. The summed E-state index contributed by atoms with van der Waals surface area (Å²) >= 11 is 0. The van der Waals surface area contributed by atoms with Crippen molar-refractivity contribution in [2.24, 2.45) is 5.92 Å². The smallest absolute Gasteiger partial charge is 0.127 e. The van der Waals surface area contributed by atoms with Crippen molar-refractivity contribution in [2.45, 2.75) is 45.2 Å². The monoisotopic (exact) mass is 304 g/mol. The second kappa shape index (κ2) is 7.47. The maximum atomic E-state index is 5.49. The number of para-hydroxylation sites is 1. The molecule has 1 aliphatic carbocycles. The van der Waals surface area contributed by atoms with Gasteiger partial charge in [0.25, 0.3) is 0 Å². The highest BCUT2D eigenvalue weighted by Crippen LogP contribution is 2.22. The van der Waals surface area contributed by atoms with E-state index >= 15 is 0 Å². The highest BCUT2D eigenvalue weighted by atomic mass is 16.5. The molecule has 2 aliphatic rings. The molecule has 1 aliphatic heterocycles. The fourth-order valence-electron chi connectivity index (χ4n) is 4.30. The van der Waals surface area contributed by atoms with Gasteiger partial charge < -0.3 is 14.5 Å². The van der Waals surface area contributed by atoms with Crippen molar-refractivity contribution in [2.75, 3.05) is 33.3 Å². The maximum absolute atomic E-state index is 5.49. The first-order chi connectivity index (χ1) is 10.8. The largest absolute Gasteiger partial charge is 0.496 e. The lowest BCUT2D eigenvalue weighted by Gasteiger charge is -2.37. The van der Waals surface area contributed by atoms with Crippen molar-refractivity contribution >= 4 is 0 Å². The SMILES string of the molecule is COc1ccccc1C[NH+]1CC[NH+](C2CCC(C)CC2)CC1. The molecule has 122 valence electrons. The Balaban J connectivity index is 1.49. The first-order valence-corrected chi connectivity index (χ1v) is 9.06. The molecule has 0 amide bonds. The first-order valence-electron chi connectivity index (χ1n) is 9.06. The molecular formula is C19H32N2O+2. The topological polar surface area (TPSA) is 18.1 Å². The summed E-state index contributed by atoms with van der Waals surface area (Å²) in [5.74, 6) is 2.01. The molecular weight excluding hydrogens is 272 g/mol. The predicted molar refractivity (Wildman–Crippen MR) is 89.5 cm³/mol. The van der Waals surface area contributed by atoms with E-state index in [1.807, 2.05) is 4.90 Å². The van der Waals surface area contributed by atoms with Gasteiger partial charge in [0, 0.05) is 5.56 Å². The van der Waals surface area contributed by atoms with Crippen molar-refractivity contribution in [3.8, 4) is 5.75 Å². The molecule has 2 fully saturated rings. The van der Waals surface area contributed by atoms with Crippen LogP contribution >= 0.6 is 0 Å². The number of ether oxygens (including phenoxy) is 1. The zero-order valence-corrected chi connectivity index (χ0v) is 14.2. The van der Waals surface area contributed by atoms with E-state index in [9.17, 15) is 0 Å². The first kappa shape index (κ1) is 15.8. The lowest BCUT2D eigenvalue weighted by molar-refractivity contribution is -1.03. The Hall–Kier alpha value is -1.06. The van der Waals surface area contributed by atoms with Gasteiger partial charge in [-0.25, -0.2) is 0 Å². The average Bonchev–Trinajstić information content (AvgIpc) is 2.57. The molecule has 3 heteroatoms. The Kier molecular flexibility index (Phi) is 5.37. The minimum atomic E-state index is 0.948. The molecule has 1 aromatic carbocycles. The summed E-state index contributed by atoms with van der Waals surface area (Å²) in [7, 11) is 1.78. The molecule has 0 bridgehead atoms. The van der Waals surface area contributed by atoms with Crippen LogP contribution in [0, 0.1) is 5.92 Å². The Morgan fingerprint density at radius 2 is 1.68 bits per heavy atom. The van der Waals surface area contributed by atoms with Crippen LogP contribution in [-0.4, -0.2) is 39.3 Å². The Morgan fingerprint density at radius 1 is 1.00 bits per heavy atom. The van der Waals surface area contributed by atoms with Gasteiger partial charge in [-0.2, -0.15) is 0 Å². The molecule has 0 radical (unpaired) electrons. The summed E-state index contributed by atoms with van der Waals surface area (Å²) in [4.78, 5) is 3.60. The summed E-state index contributed by atoms with van der Waals surface area (Å²) in [6.45, 7) is 8.84. The van der Waals surface area contributed by atoms with Crippen LogP contribution in [0.3, 0.4) is 0 Å². The molecule has 1 aromatic rings. The Bertz CT molecular complexity index is 460. The number of rotatable bonds is 4. The van der Waals surface area contributed by atoms with Crippen LogP contribution in [0.4, 0.5) is 0 Å². The number of hydrogen-bond acceptors (Lipinski definition) is 1. The molecule has 0 spiro atoms. The molecule has 2 N–H and O–H groups in total. The molecule has 0 unspecified atom stereocenters. The van der Waals surface area contributed by atoms with Gasteiger partial charge in [0.15, 0.2) is 0 Å². The molecule has 0 atom stereocenters. The number of methoxy groups -OCH3 is 1. The quantitative estimate of drug-likeness (QED) is 0.832. The van der Waals surface area contributed by atoms with Gasteiger partial charge in [-0.3, -0.25) is 0 Å². The van der Waals surface area contributed by atoms with Gasteiger partial charge in [0.2, 0.25) is 0 Å². The fourth-order valence-corrected chi connectivity index (χ4v) is 4.30. The summed E-state index contributed by atoms with van der Waals surface area (Å²) < 4.78 is 5.49. The zero-order valence-electron chi connectivity index (χ0n) is 14.2. The van der Waals surface area contributed by atoms with Gasteiger partial charge in [0.1, 0.15) is 38.5 Å². The highest BCUT2D eigenvalue weighted by molar-refractivity contribution is 5.32.